The molecule has 0 radical (unpaired) electrons. The first-order chi connectivity index (χ1) is 28.0. The van der Waals surface area contributed by atoms with E-state index in [-0.39, 0.29) is 35.5 Å². The lowest BCUT2D eigenvalue weighted by Crippen LogP contribution is -2.54. The van der Waals surface area contributed by atoms with Crippen LogP contribution >= 0.6 is 0 Å². The third-order valence-electron chi connectivity index (χ3n) is 12.1. The smallest absolute Gasteiger partial charge is 0.419 e. The lowest BCUT2D eigenvalue weighted by atomic mass is 9.93. The van der Waals surface area contributed by atoms with Crippen LogP contribution in [0.25, 0.3) is 32.9 Å². The van der Waals surface area contributed by atoms with Gasteiger partial charge in [-0.05, 0) is 68.0 Å². The number of carbonyl (C=O) groups excluding carboxylic acids is 4. The van der Waals surface area contributed by atoms with Crippen LogP contribution in [0.3, 0.4) is 0 Å². The van der Waals surface area contributed by atoms with Crippen molar-refractivity contribution >= 4 is 56.9 Å². The van der Waals surface area contributed by atoms with Crippen LogP contribution in [0.1, 0.15) is 58.4 Å². The molecule has 1 atom stereocenters. The molecule has 16 heteroatoms. The van der Waals surface area contributed by atoms with E-state index in [1.807, 2.05) is 24.3 Å². The van der Waals surface area contributed by atoms with Crippen LogP contribution in [0.4, 0.5) is 24.7 Å². The van der Waals surface area contributed by atoms with Crippen molar-refractivity contribution in [3.8, 4) is 16.9 Å². The number of ether oxygens (including phenoxy) is 1. The van der Waals surface area contributed by atoms with Gasteiger partial charge in [0.1, 0.15) is 17.6 Å². The number of nitrogens with one attached hydrogen (secondary N) is 2. The number of anilines is 2. The molecule has 13 nitrogen and oxygen atoms in total. The molecule has 3 saturated heterocycles. The zero-order valence-electron chi connectivity index (χ0n) is 31.8. The molecule has 300 valence electrons. The Morgan fingerprint density at radius 1 is 0.828 bits per heavy atom. The first kappa shape index (κ1) is 37.5. The summed E-state index contributed by atoms with van der Waals surface area (Å²) >= 11 is 0. The highest BCUT2D eigenvalue weighted by Gasteiger charge is 2.46. The lowest BCUT2D eigenvalue weighted by Gasteiger charge is -2.38. The molecule has 4 aliphatic heterocycles. The summed E-state index contributed by atoms with van der Waals surface area (Å²) in [5, 5.41) is 4.13. The lowest BCUT2D eigenvalue weighted by molar-refractivity contribution is -0.138. The Kier molecular flexibility index (Phi) is 9.53. The monoisotopic (exact) mass is 794 g/mol. The Morgan fingerprint density at radius 3 is 2.36 bits per heavy atom. The van der Waals surface area contributed by atoms with E-state index in [9.17, 15) is 32.3 Å². The fourth-order valence-electron chi connectivity index (χ4n) is 8.92. The van der Waals surface area contributed by atoms with Gasteiger partial charge < -0.3 is 19.5 Å². The summed E-state index contributed by atoms with van der Waals surface area (Å²) in [7, 11) is 1.43. The fourth-order valence-corrected chi connectivity index (χ4v) is 8.92. The van der Waals surface area contributed by atoms with E-state index in [1.54, 1.807) is 29.4 Å². The van der Waals surface area contributed by atoms with Gasteiger partial charge in [0.25, 0.3) is 11.8 Å². The van der Waals surface area contributed by atoms with Crippen LogP contribution < -0.4 is 19.9 Å². The summed E-state index contributed by atoms with van der Waals surface area (Å²) in [6, 6.07) is 11.0. The van der Waals surface area contributed by atoms with Gasteiger partial charge in [-0.3, -0.25) is 39.3 Å². The number of hydrogen-bond donors (Lipinski definition) is 2. The number of alkyl halides is 3. The van der Waals surface area contributed by atoms with E-state index in [1.165, 1.54) is 19.4 Å². The zero-order chi connectivity index (χ0) is 40.3. The van der Waals surface area contributed by atoms with Crippen molar-refractivity contribution < 1.29 is 37.1 Å². The maximum Gasteiger partial charge on any atom is 0.419 e. The molecule has 9 rings (SSSR count). The predicted molar refractivity (Wildman–Crippen MR) is 210 cm³/mol. The van der Waals surface area contributed by atoms with Gasteiger partial charge in [-0.2, -0.15) is 13.2 Å². The minimum atomic E-state index is -4.57. The van der Waals surface area contributed by atoms with Crippen LogP contribution in [0.5, 0.6) is 5.75 Å². The van der Waals surface area contributed by atoms with Crippen molar-refractivity contribution in [1.29, 1.82) is 0 Å². The number of H-pyrrole nitrogens is 1. The SMILES string of the molecule is COc1cc(N2CCN(CCC3CCN(c4ncc(-c5ccc6c(c5)[nH]c5ccncc56)cc4C(F)(F)F)CC3)CC2)cc2c1C(=O)N(C1CCC(=O)NC1=O)C2=O. The van der Waals surface area contributed by atoms with Crippen LogP contribution in [0.2, 0.25) is 0 Å². The van der Waals surface area contributed by atoms with E-state index >= 15 is 0 Å². The van der Waals surface area contributed by atoms with Crippen LogP contribution in [0, 0.1) is 5.92 Å². The summed E-state index contributed by atoms with van der Waals surface area (Å²) in [4.78, 5) is 70.3. The van der Waals surface area contributed by atoms with Crippen LogP contribution in [0.15, 0.2) is 61.1 Å². The molecule has 0 aliphatic carbocycles. The number of rotatable bonds is 8. The molecule has 58 heavy (non-hydrogen) atoms. The molecule has 2 N–H and O–H groups in total. The summed E-state index contributed by atoms with van der Waals surface area (Å²) in [5.41, 5.74) is 3.08. The first-order valence-corrected chi connectivity index (χ1v) is 19.6. The number of benzene rings is 2. The van der Waals surface area contributed by atoms with Gasteiger partial charge >= 0.3 is 6.18 Å². The van der Waals surface area contributed by atoms with E-state index in [4.69, 9.17) is 4.74 Å². The highest BCUT2D eigenvalue weighted by atomic mass is 19.4. The molecular formula is C42H41F3N8O5. The van der Waals surface area contributed by atoms with Crippen molar-refractivity contribution in [3.63, 3.8) is 0 Å². The molecule has 0 bridgehead atoms. The summed E-state index contributed by atoms with van der Waals surface area (Å²) in [6.45, 7) is 4.73. The van der Waals surface area contributed by atoms with E-state index in [0.717, 1.165) is 71.3 Å². The number of piperazine rings is 1. The number of nitrogens with zero attached hydrogens (tertiary/aromatic N) is 6. The van der Waals surface area contributed by atoms with Crippen molar-refractivity contribution in [1.82, 2.24) is 30.1 Å². The predicted octanol–water partition coefficient (Wildman–Crippen LogP) is 5.64. The number of halogens is 3. The van der Waals surface area contributed by atoms with Crippen molar-refractivity contribution in [2.45, 2.75) is 44.3 Å². The number of fused-ring (bicyclic) bond motifs is 4. The number of aromatic amines is 1. The highest BCUT2D eigenvalue weighted by molar-refractivity contribution is 6.25. The van der Waals surface area contributed by atoms with Gasteiger partial charge in [-0.15, -0.1) is 0 Å². The largest absolute Gasteiger partial charge is 0.496 e. The third-order valence-corrected chi connectivity index (χ3v) is 12.1. The van der Waals surface area contributed by atoms with Crippen molar-refractivity contribution in [3.05, 3.63) is 77.7 Å². The van der Waals surface area contributed by atoms with Gasteiger partial charge in [0.05, 0.1) is 23.8 Å². The number of amides is 4. The first-order valence-electron chi connectivity index (χ1n) is 19.6. The Morgan fingerprint density at radius 2 is 1.62 bits per heavy atom. The van der Waals surface area contributed by atoms with Crippen molar-refractivity contribution in [2.75, 3.05) is 62.7 Å². The highest BCUT2D eigenvalue weighted by Crippen LogP contribution is 2.41. The Labute approximate surface area is 331 Å². The quantitative estimate of drug-likeness (QED) is 0.190. The number of piperidine rings is 2. The molecule has 4 amide bonds. The minimum absolute atomic E-state index is 0.0264. The van der Waals surface area contributed by atoms with E-state index in [2.05, 4.69) is 30.1 Å². The Balaban J connectivity index is 0.803. The van der Waals surface area contributed by atoms with Gasteiger partial charge in [0.2, 0.25) is 11.8 Å². The summed E-state index contributed by atoms with van der Waals surface area (Å²) in [5.74, 6) is -1.70. The van der Waals surface area contributed by atoms with Gasteiger partial charge in [-0.25, -0.2) is 4.98 Å². The average molecular weight is 795 g/mol. The summed E-state index contributed by atoms with van der Waals surface area (Å²) in [6.07, 6.45) is 3.00. The molecule has 5 aromatic rings. The van der Waals surface area contributed by atoms with Gasteiger partial charge in [0, 0.05) is 103 Å². The Hall–Kier alpha value is -6.03. The molecule has 0 saturated carbocycles. The van der Waals surface area contributed by atoms with E-state index < -0.39 is 41.4 Å². The molecule has 0 spiro atoms. The number of carbonyl (C=O) groups is 4. The van der Waals surface area contributed by atoms with Gasteiger partial charge in [0.15, 0.2) is 0 Å². The second kappa shape index (κ2) is 14.7. The Bertz CT molecular complexity index is 2470. The fraction of sp³-hybridized carbons (Fsp3) is 0.381. The molecule has 3 aromatic heterocycles. The minimum Gasteiger partial charge on any atom is -0.496 e. The third kappa shape index (κ3) is 6.78. The second-order valence-electron chi connectivity index (χ2n) is 15.5. The number of pyridine rings is 2. The zero-order valence-corrected chi connectivity index (χ0v) is 31.8. The van der Waals surface area contributed by atoms with Crippen molar-refractivity contribution in [2.24, 2.45) is 5.92 Å². The summed E-state index contributed by atoms with van der Waals surface area (Å²) < 4.78 is 49.1. The molecule has 7 heterocycles. The topological polar surface area (TPSA) is 144 Å². The molecule has 1 unspecified atom stereocenters. The number of imide groups is 2. The maximum atomic E-state index is 14.5. The number of aromatic nitrogens is 3. The van der Waals surface area contributed by atoms with Crippen LogP contribution in [-0.2, 0) is 15.8 Å². The van der Waals surface area contributed by atoms with Crippen LogP contribution in [-0.4, -0.2) is 107 Å². The number of hydrogen-bond acceptors (Lipinski definition) is 10. The number of methoxy groups -OCH3 is 1. The van der Waals surface area contributed by atoms with Gasteiger partial charge in [-0.1, -0.05) is 12.1 Å². The maximum absolute atomic E-state index is 14.5. The molecule has 4 aliphatic rings. The van der Waals surface area contributed by atoms with E-state index in [0.29, 0.717) is 43.2 Å². The molecule has 3 fully saturated rings. The second-order valence-corrected chi connectivity index (χ2v) is 15.5. The molecular weight excluding hydrogens is 754 g/mol. The average Bonchev–Trinajstić information content (AvgIpc) is 3.72. The molecule has 2 aromatic carbocycles. The standard InChI is InChI=1S/C42H41F3N8O5/c1-58-35-21-27(20-29-37(35)41(57)53(40(29)56)34-4-5-36(54)49-39(34)55)51-16-14-50(15-17-51)11-7-24-8-12-52(13-9-24)38-31(42(43,44)45)18-26(22-47-38)25-2-3-28-30-23-46-10-6-32(30)48-33(28)19-25/h2-3,6,10,18-24,34,48H,4-5,7-9,11-17H2,1H3,(H,49,54,55). The normalized spacial score (nSPS) is 19.7.